The van der Waals surface area contributed by atoms with Crippen molar-refractivity contribution in [3.63, 3.8) is 0 Å². The van der Waals surface area contributed by atoms with E-state index in [0.29, 0.717) is 0 Å². The van der Waals surface area contributed by atoms with Gasteiger partial charge >= 0.3 is 0 Å². The number of aromatic nitrogens is 3. The molecule has 148 valence electrons. The van der Waals surface area contributed by atoms with Crippen LogP contribution in [0.4, 0.5) is 0 Å². The van der Waals surface area contributed by atoms with E-state index in [2.05, 4.69) is 54.9 Å². The standard InChI is InChI=1S/C20H27N7O/c1-16-4-3-8-27-15-17(23-19(16)27)5-7-22-20(21-2)26-11-9-25(10-12-26)14-18-6-13-28-24-18/h3-4,6,8,13,15H,5,7,9-12,14H2,1-2H3,(H,21,22). The monoisotopic (exact) mass is 381 g/mol. The van der Waals surface area contributed by atoms with Crippen molar-refractivity contribution in [3.05, 3.63) is 53.8 Å². The predicted molar refractivity (Wildman–Crippen MR) is 108 cm³/mol. The van der Waals surface area contributed by atoms with E-state index in [-0.39, 0.29) is 0 Å². The van der Waals surface area contributed by atoms with Crippen LogP contribution in [0.2, 0.25) is 0 Å². The molecule has 1 aliphatic rings. The van der Waals surface area contributed by atoms with Crippen molar-refractivity contribution in [1.82, 2.24) is 29.7 Å². The second-order valence-electron chi connectivity index (χ2n) is 7.13. The average Bonchev–Trinajstić information content (AvgIpc) is 3.36. The Kier molecular flexibility index (Phi) is 5.57. The van der Waals surface area contributed by atoms with Crippen LogP contribution in [0.15, 0.2) is 46.4 Å². The van der Waals surface area contributed by atoms with Gasteiger partial charge in [-0.2, -0.15) is 0 Å². The Morgan fingerprint density at radius 3 is 2.79 bits per heavy atom. The molecule has 0 aliphatic carbocycles. The van der Waals surface area contributed by atoms with E-state index in [9.17, 15) is 0 Å². The largest absolute Gasteiger partial charge is 0.364 e. The quantitative estimate of drug-likeness (QED) is 0.534. The van der Waals surface area contributed by atoms with E-state index in [4.69, 9.17) is 9.51 Å². The fraction of sp³-hybridized carbons (Fsp3) is 0.450. The summed E-state index contributed by atoms with van der Waals surface area (Å²) in [6, 6.07) is 6.07. The maximum absolute atomic E-state index is 4.92. The van der Waals surface area contributed by atoms with Gasteiger partial charge in [-0.15, -0.1) is 0 Å². The van der Waals surface area contributed by atoms with Crippen molar-refractivity contribution in [3.8, 4) is 0 Å². The van der Waals surface area contributed by atoms with Crippen LogP contribution in [0.1, 0.15) is 17.0 Å². The molecule has 0 spiro atoms. The first-order valence-electron chi connectivity index (χ1n) is 9.73. The second kappa shape index (κ2) is 8.43. The molecule has 28 heavy (non-hydrogen) atoms. The van der Waals surface area contributed by atoms with Gasteiger partial charge in [-0.3, -0.25) is 9.89 Å². The van der Waals surface area contributed by atoms with Gasteiger partial charge in [0.1, 0.15) is 11.9 Å². The summed E-state index contributed by atoms with van der Waals surface area (Å²) in [5, 5.41) is 7.48. The maximum Gasteiger partial charge on any atom is 0.193 e. The number of imidazole rings is 1. The van der Waals surface area contributed by atoms with Gasteiger partial charge in [0.2, 0.25) is 0 Å². The SMILES string of the molecule is CN=C(NCCc1cn2cccc(C)c2n1)N1CCN(Cc2ccon2)CC1. The van der Waals surface area contributed by atoms with Crippen molar-refractivity contribution >= 4 is 11.6 Å². The van der Waals surface area contributed by atoms with Gasteiger partial charge in [-0.05, 0) is 18.6 Å². The molecule has 0 unspecified atom stereocenters. The highest BCUT2D eigenvalue weighted by Crippen LogP contribution is 2.10. The third-order valence-corrected chi connectivity index (χ3v) is 5.15. The number of nitrogens with one attached hydrogen (secondary N) is 1. The minimum absolute atomic E-state index is 0.814. The Labute approximate surface area is 164 Å². The van der Waals surface area contributed by atoms with Crippen molar-refractivity contribution in [2.24, 2.45) is 4.99 Å². The molecule has 4 heterocycles. The molecule has 8 heteroatoms. The molecule has 4 rings (SSSR count). The van der Waals surface area contributed by atoms with Crippen LogP contribution >= 0.6 is 0 Å². The van der Waals surface area contributed by atoms with E-state index in [1.807, 2.05) is 19.3 Å². The number of hydrogen-bond acceptors (Lipinski definition) is 5. The lowest BCUT2D eigenvalue weighted by Crippen LogP contribution is -2.52. The van der Waals surface area contributed by atoms with E-state index >= 15 is 0 Å². The van der Waals surface area contributed by atoms with E-state index in [1.54, 1.807) is 6.26 Å². The molecule has 3 aromatic heterocycles. The van der Waals surface area contributed by atoms with Crippen LogP contribution < -0.4 is 5.32 Å². The zero-order chi connectivity index (χ0) is 19.3. The van der Waals surface area contributed by atoms with Gasteiger partial charge in [0, 0.05) is 71.2 Å². The normalized spacial score (nSPS) is 16.1. The molecule has 0 amide bonds. The molecule has 0 radical (unpaired) electrons. The van der Waals surface area contributed by atoms with E-state index in [1.165, 1.54) is 5.56 Å². The predicted octanol–water partition coefficient (Wildman–Crippen LogP) is 1.57. The summed E-state index contributed by atoms with van der Waals surface area (Å²) in [5.74, 6) is 0.959. The first kappa shape index (κ1) is 18.5. The zero-order valence-corrected chi connectivity index (χ0v) is 16.5. The molecular weight excluding hydrogens is 354 g/mol. The van der Waals surface area contributed by atoms with E-state index in [0.717, 1.165) is 68.7 Å². The van der Waals surface area contributed by atoms with Gasteiger partial charge in [0.25, 0.3) is 0 Å². The van der Waals surface area contributed by atoms with Crippen molar-refractivity contribution < 1.29 is 4.52 Å². The first-order valence-corrected chi connectivity index (χ1v) is 9.73. The Hall–Kier alpha value is -2.87. The van der Waals surface area contributed by atoms with Gasteiger partial charge in [-0.25, -0.2) is 4.98 Å². The molecule has 0 atom stereocenters. The summed E-state index contributed by atoms with van der Waals surface area (Å²) >= 11 is 0. The summed E-state index contributed by atoms with van der Waals surface area (Å²) in [5.41, 5.74) is 4.31. The van der Waals surface area contributed by atoms with E-state index < -0.39 is 0 Å². The van der Waals surface area contributed by atoms with Crippen LogP contribution in [-0.4, -0.2) is 70.1 Å². The van der Waals surface area contributed by atoms with Crippen molar-refractivity contribution in [2.75, 3.05) is 39.8 Å². The molecule has 1 N–H and O–H groups in total. The molecule has 3 aromatic rings. The number of fused-ring (bicyclic) bond motifs is 1. The molecule has 1 aliphatic heterocycles. The molecule has 8 nitrogen and oxygen atoms in total. The third kappa shape index (κ3) is 4.17. The number of rotatable bonds is 5. The van der Waals surface area contributed by atoms with Crippen LogP contribution in [0.5, 0.6) is 0 Å². The number of hydrogen-bond donors (Lipinski definition) is 1. The summed E-state index contributed by atoms with van der Waals surface area (Å²) < 4.78 is 7.01. The smallest absolute Gasteiger partial charge is 0.193 e. The topological polar surface area (TPSA) is 74.2 Å². The Morgan fingerprint density at radius 1 is 1.21 bits per heavy atom. The van der Waals surface area contributed by atoms with Gasteiger partial charge < -0.3 is 19.1 Å². The Bertz CT molecular complexity index is 923. The fourth-order valence-corrected chi connectivity index (χ4v) is 3.63. The Morgan fingerprint density at radius 2 is 2.07 bits per heavy atom. The number of aliphatic imine (C=N–C) groups is 1. The van der Waals surface area contributed by atoms with Gasteiger partial charge in [-0.1, -0.05) is 11.2 Å². The highest BCUT2D eigenvalue weighted by atomic mass is 16.5. The highest BCUT2D eigenvalue weighted by molar-refractivity contribution is 5.80. The minimum atomic E-state index is 0.814. The van der Waals surface area contributed by atoms with Crippen LogP contribution in [0.3, 0.4) is 0 Å². The van der Waals surface area contributed by atoms with Crippen LogP contribution in [0, 0.1) is 6.92 Å². The number of aryl methyl sites for hydroxylation is 1. The molecule has 0 saturated carbocycles. The number of guanidine groups is 1. The van der Waals surface area contributed by atoms with Crippen LogP contribution in [0.25, 0.3) is 5.65 Å². The van der Waals surface area contributed by atoms with Gasteiger partial charge in [0.05, 0.1) is 11.4 Å². The maximum atomic E-state index is 4.92. The summed E-state index contributed by atoms with van der Waals surface area (Å²) in [7, 11) is 1.85. The molecule has 0 bridgehead atoms. The molecule has 1 fully saturated rings. The summed E-state index contributed by atoms with van der Waals surface area (Å²) in [4.78, 5) is 13.9. The zero-order valence-electron chi connectivity index (χ0n) is 16.5. The lowest BCUT2D eigenvalue weighted by atomic mass is 10.3. The average molecular weight is 381 g/mol. The lowest BCUT2D eigenvalue weighted by molar-refractivity contribution is 0.169. The summed E-state index contributed by atoms with van der Waals surface area (Å²) in [6.07, 6.45) is 6.65. The highest BCUT2D eigenvalue weighted by Gasteiger charge is 2.20. The minimum Gasteiger partial charge on any atom is -0.364 e. The third-order valence-electron chi connectivity index (χ3n) is 5.15. The summed E-state index contributed by atoms with van der Waals surface area (Å²) in [6.45, 7) is 7.61. The first-order chi connectivity index (χ1) is 13.7. The molecule has 1 saturated heterocycles. The fourth-order valence-electron chi connectivity index (χ4n) is 3.63. The molecular formula is C20H27N7O. The number of pyridine rings is 1. The Balaban J connectivity index is 1.26. The van der Waals surface area contributed by atoms with Gasteiger partial charge in [0.15, 0.2) is 5.96 Å². The van der Waals surface area contributed by atoms with Crippen molar-refractivity contribution in [1.29, 1.82) is 0 Å². The second-order valence-corrected chi connectivity index (χ2v) is 7.13. The van der Waals surface area contributed by atoms with Crippen molar-refractivity contribution in [2.45, 2.75) is 19.9 Å². The lowest BCUT2D eigenvalue weighted by Gasteiger charge is -2.36. The molecule has 0 aromatic carbocycles. The number of piperazine rings is 1. The number of nitrogens with zero attached hydrogens (tertiary/aromatic N) is 6. The van der Waals surface area contributed by atoms with Crippen LogP contribution in [-0.2, 0) is 13.0 Å².